The Balaban J connectivity index is 2.59. The first-order chi connectivity index (χ1) is 8.15. The minimum absolute atomic E-state index is 0.274. The standard InChI is InChI=1S/C13H22N2OS/c1-10(15-2)8-11-4-3-5-12(9-11)16-13(14)6-7-17/h3-5,9-10,13,15,17H,6-8,14H2,1-2H3. The molecule has 0 amide bonds. The van der Waals surface area contributed by atoms with Crippen LogP contribution in [0.25, 0.3) is 0 Å². The zero-order valence-corrected chi connectivity index (χ0v) is 11.4. The number of likely N-dealkylation sites (N-methyl/N-ethyl adjacent to an activating group) is 1. The van der Waals surface area contributed by atoms with E-state index < -0.39 is 0 Å². The van der Waals surface area contributed by atoms with Gasteiger partial charge in [-0.1, -0.05) is 12.1 Å². The summed E-state index contributed by atoms with van der Waals surface area (Å²) in [6, 6.07) is 8.54. The Morgan fingerprint density at radius 2 is 2.24 bits per heavy atom. The molecule has 0 bridgehead atoms. The SMILES string of the molecule is CNC(C)Cc1cccc(OC(N)CCS)c1. The number of nitrogens with one attached hydrogen (secondary N) is 1. The normalized spacial score (nSPS) is 14.4. The van der Waals surface area contributed by atoms with E-state index in [0.29, 0.717) is 6.04 Å². The molecule has 0 aromatic heterocycles. The van der Waals surface area contributed by atoms with Gasteiger partial charge in [-0.05, 0) is 43.8 Å². The van der Waals surface area contributed by atoms with Crippen molar-refractivity contribution >= 4 is 12.6 Å². The van der Waals surface area contributed by atoms with Gasteiger partial charge in [0.25, 0.3) is 0 Å². The van der Waals surface area contributed by atoms with Crippen LogP contribution in [0.15, 0.2) is 24.3 Å². The third-order valence-electron chi connectivity index (χ3n) is 2.63. The van der Waals surface area contributed by atoms with Gasteiger partial charge in [0.15, 0.2) is 0 Å². The van der Waals surface area contributed by atoms with Crippen LogP contribution in [0.3, 0.4) is 0 Å². The summed E-state index contributed by atoms with van der Waals surface area (Å²) in [5.41, 5.74) is 7.06. The Morgan fingerprint density at radius 3 is 2.88 bits per heavy atom. The maximum absolute atomic E-state index is 5.81. The van der Waals surface area contributed by atoms with E-state index in [0.717, 1.165) is 24.3 Å². The summed E-state index contributed by atoms with van der Waals surface area (Å²) in [7, 11) is 1.97. The molecule has 17 heavy (non-hydrogen) atoms. The summed E-state index contributed by atoms with van der Waals surface area (Å²) >= 11 is 4.14. The molecule has 1 aromatic carbocycles. The van der Waals surface area contributed by atoms with E-state index in [9.17, 15) is 0 Å². The fourth-order valence-electron chi connectivity index (χ4n) is 1.56. The molecule has 0 fully saturated rings. The molecule has 0 radical (unpaired) electrons. The Labute approximate surface area is 109 Å². The number of hydrogen-bond donors (Lipinski definition) is 3. The fraction of sp³-hybridized carbons (Fsp3) is 0.538. The van der Waals surface area contributed by atoms with Gasteiger partial charge < -0.3 is 10.1 Å². The first kappa shape index (κ1) is 14.4. The van der Waals surface area contributed by atoms with Gasteiger partial charge in [0.05, 0.1) is 0 Å². The zero-order chi connectivity index (χ0) is 12.7. The van der Waals surface area contributed by atoms with Crippen LogP contribution in [0.4, 0.5) is 0 Å². The fourth-order valence-corrected chi connectivity index (χ4v) is 1.82. The summed E-state index contributed by atoms with van der Waals surface area (Å²) < 4.78 is 5.62. The quantitative estimate of drug-likeness (QED) is 0.514. The van der Waals surface area contributed by atoms with Gasteiger partial charge in [-0.2, -0.15) is 12.6 Å². The molecule has 0 saturated heterocycles. The van der Waals surface area contributed by atoms with Crippen LogP contribution < -0.4 is 15.8 Å². The van der Waals surface area contributed by atoms with E-state index in [1.165, 1.54) is 5.56 Å². The Kier molecular flexibility index (Phi) is 6.40. The third-order valence-corrected chi connectivity index (χ3v) is 2.89. The van der Waals surface area contributed by atoms with Crippen molar-refractivity contribution in [3.8, 4) is 5.75 Å². The molecule has 2 atom stereocenters. The number of hydrogen-bond acceptors (Lipinski definition) is 4. The smallest absolute Gasteiger partial charge is 0.148 e. The molecule has 0 saturated carbocycles. The zero-order valence-electron chi connectivity index (χ0n) is 10.5. The van der Waals surface area contributed by atoms with Crippen LogP contribution in [0.2, 0.25) is 0 Å². The lowest BCUT2D eigenvalue weighted by Crippen LogP contribution is -2.27. The second-order valence-corrected chi connectivity index (χ2v) is 4.66. The van der Waals surface area contributed by atoms with Crippen LogP contribution >= 0.6 is 12.6 Å². The second kappa shape index (κ2) is 7.58. The van der Waals surface area contributed by atoms with Crippen LogP contribution in [-0.4, -0.2) is 25.1 Å². The van der Waals surface area contributed by atoms with Crippen molar-refractivity contribution in [1.29, 1.82) is 0 Å². The molecule has 4 heteroatoms. The molecular formula is C13H22N2OS. The lowest BCUT2D eigenvalue weighted by atomic mass is 10.1. The molecule has 1 aromatic rings. The summed E-state index contributed by atoms with van der Waals surface area (Å²) in [5.74, 6) is 1.57. The van der Waals surface area contributed by atoms with Crippen molar-refractivity contribution in [3.63, 3.8) is 0 Å². The van der Waals surface area contributed by atoms with Crippen molar-refractivity contribution in [3.05, 3.63) is 29.8 Å². The average molecular weight is 254 g/mol. The van der Waals surface area contributed by atoms with Gasteiger partial charge in [-0.25, -0.2) is 0 Å². The highest BCUT2D eigenvalue weighted by molar-refractivity contribution is 7.80. The van der Waals surface area contributed by atoms with Crippen molar-refractivity contribution in [2.24, 2.45) is 5.73 Å². The van der Waals surface area contributed by atoms with Crippen LogP contribution in [0.1, 0.15) is 18.9 Å². The molecule has 96 valence electrons. The summed E-state index contributed by atoms with van der Waals surface area (Å²) in [6.07, 6.45) is 1.46. The molecule has 0 aliphatic rings. The van der Waals surface area contributed by atoms with Crippen molar-refractivity contribution in [2.75, 3.05) is 12.8 Å². The van der Waals surface area contributed by atoms with Crippen LogP contribution in [0, 0.1) is 0 Å². The molecular weight excluding hydrogens is 232 g/mol. The largest absolute Gasteiger partial charge is 0.476 e. The number of benzene rings is 1. The summed E-state index contributed by atoms with van der Waals surface area (Å²) in [4.78, 5) is 0. The molecule has 2 unspecified atom stereocenters. The first-order valence-corrected chi connectivity index (χ1v) is 6.58. The lowest BCUT2D eigenvalue weighted by Gasteiger charge is -2.15. The monoisotopic (exact) mass is 254 g/mol. The maximum Gasteiger partial charge on any atom is 0.148 e. The van der Waals surface area contributed by atoms with Gasteiger partial charge in [0, 0.05) is 12.5 Å². The van der Waals surface area contributed by atoms with Crippen molar-refractivity contribution < 1.29 is 4.74 Å². The molecule has 0 aliphatic heterocycles. The second-order valence-electron chi connectivity index (χ2n) is 4.21. The highest BCUT2D eigenvalue weighted by atomic mass is 32.1. The minimum atomic E-state index is -0.274. The highest BCUT2D eigenvalue weighted by Gasteiger charge is 2.05. The summed E-state index contributed by atoms with van der Waals surface area (Å²) in [6.45, 7) is 2.15. The minimum Gasteiger partial charge on any atom is -0.476 e. The Bertz CT molecular complexity index is 333. The predicted molar refractivity (Wildman–Crippen MR) is 75.7 cm³/mol. The van der Waals surface area contributed by atoms with E-state index >= 15 is 0 Å². The van der Waals surface area contributed by atoms with Crippen molar-refractivity contribution in [2.45, 2.75) is 32.0 Å². The molecule has 0 spiro atoms. The Hall–Kier alpha value is -0.710. The number of ether oxygens (including phenoxy) is 1. The van der Waals surface area contributed by atoms with Gasteiger partial charge in [0.1, 0.15) is 12.0 Å². The number of rotatable bonds is 7. The highest BCUT2D eigenvalue weighted by Crippen LogP contribution is 2.16. The van der Waals surface area contributed by atoms with E-state index in [4.69, 9.17) is 10.5 Å². The topological polar surface area (TPSA) is 47.3 Å². The van der Waals surface area contributed by atoms with Gasteiger partial charge >= 0.3 is 0 Å². The van der Waals surface area contributed by atoms with Gasteiger partial charge in [-0.3, -0.25) is 5.73 Å². The third kappa shape index (κ3) is 5.44. The number of nitrogens with two attached hydrogens (primary N) is 1. The maximum atomic E-state index is 5.81. The van der Waals surface area contributed by atoms with Gasteiger partial charge in [0.2, 0.25) is 0 Å². The molecule has 3 nitrogen and oxygen atoms in total. The molecule has 1 rings (SSSR count). The van der Waals surface area contributed by atoms with Crippen LogP contribution in [-0.2, 0) is 6.42 Å². The Morgan fingerprint density at radius 1 is 1.47 bits per heavy atom. The summed E-state index contributed by atoms with van der Waals surface area (Å²) in [5, 5.41) is 3.22. The predicted octanol–water partition coefficient (Wildman–Crippen LogP) is 1.82. The van der Waals surface area contributed by atoms with E-state index in [1.54, 1.807) is 0 Å². The lowest BCUT2D eigenvalue weighted by molar-refractivity contribution is 0.206. The average Bonchev–Trinajstić information content (AvgIpc) is 2.29. The first-order valence-electron chi connectivity index (χ1n) is 5.95. The van der Waals surface area contributed by atoms with Gasteiger partial charge in [-0.15, -0.1) is 0 Å². The number of thiol groups is 1. The molecule has 0 aliphatic carbocycles. The molecule has 0 heterocycles. The van der Waals surface area contributed by atoms with Crippen LogP contribution in [0.5, 0.6) is 5.75 Å². The van der Waals surface area contributed by atoms with E-state index in [1.807, 2.05) is 25.2 Å². The molecule has 3 N–H and O–H groups in total. The van der Waals surface area contributed by atoms with E-state index in [-0.39, 0.29) is 6.23 Å². The van der Waals surface area contributed by atoms with E-state index in [2.05, 4.69) is 30.9 Å². The van der Waals surface area contributed by atoms with Crippen molar-refractivity contribution in [1.82, 2.24) is 5.32 Å².